The van der Waals surface area contributed by atoms with Crippen LogP contribution in [0, 0.1) is 6.92 Å². The molecule has 0 atom stereocenters. The molecule has 0 radical (unpaired) electrons. The standard InChI is InChI=1S/C21H20F3N3O3/c1-14-16(5-3-9-30-18-6-2-4-15(10-18)11-20(28)29)13-27(26-14)19-8-7-17(12-25-19)21(22,23)24/h2,4,6-8,10,12-13H,3,5,9,11H2,1H3,(H,28,29). The van der Waals surface area contributed by atoms with Crippen molar-refractivity contribution in [2.45, 2.75) is 32.4 Å². The van der Waals surface area contributed by atoms with Gasteiger partial charge in [0.25, 0.3) is 0 Å². The van der Waals surface area contributed by atoms with Crippen LogP contribution in [0.5, 0.6) is 5.75 Å². The van der Waals surface area contributed by atoms with E-state index in [2.05, 4.69) is 10.1 Å². The molecule has 0 aliphatic rings. The van der Waals surface area contributed by atoms with Crippen molar-refractivity contribution in [3.8, 4) is 11.6 Å². The first-order valence-electron chi connectivity index (χ1n) is 9.24. The molecule has 3 aromatic rings. The van der Waals surface area contributed by atoms with Gasteiger partial charge in [0.05, 0.1) is 24.3 Å². The first kappa shape index (κ1) is 21.4. The van der Waals surface area contributed by atoms with Crippen molar-refractivity contribution in [3.05, 3.63) is 71.2 Å². The number of hydrogen-bond donors (Lipinski definition) is 1. The van der Waals surface area contributed by atoms with E-state index in [4.69, 9.17) is 9.84 Å². The summed E-state index contributed by atoms with van der Waals surface area (Å²) in [6, 6.07) is 9.21. The molecule has 9 heteroatoms. The Morgan fingerprint density at radius 1 is 1.23 bits per heavy atom. The van der Waals surface area contributed by atoms with Gasteiger partial charge >= 0.3 is 12.1 Å². The van der Waals surface area contributed by atoms with Crippen molar-refractivity contribution >= 4 is 5.97 Å². The molecule has 0 saturated carbocycles. The number of rotatable bonds is 8. The van der Waals surface area contributed by atoms with Crippen molar-refractivity contribution in [1.82, 2.24) is 14.8 Å². The highest BCUT2D eigenvalue weighted by atomic mass is 19.4. The zero-order chi connectivity index (χ0) is 21.7. The van der Waals surface area contributed by atoms with E-state index in [9.17, 15) is 18.0 Å². The molecule has 0 aliphatic carbocycles. The van der Waals surface area contributed by atoms with Crippen LogP contribution in [0.3, 0.4) is 0 Å². The van der Waals surface area contributed by atoms with Crippen LogP contribution in [0.4, 0.5) is 13.2 Å². The molecule has 0 saturated heterocycles. The minimum Gasteiger partial charge on any atom is -0.494 e. The van der Waals surface area contributed by atoms with Crippen molar-refractivity contribution in [2.75, 3.05) is 6.61 Å². The minimum absolute atomic E-state index is 0.0619. The largest absolute Gasteiger partial charge is 0.494 e. The number of halogens is 3. The Morgan fingerprint density at radius 2 is 2.03 bits per heavy atom. The molecule has 0 aliphatic heterocycles. The quantitative estimate of drug-likeness (QED) is 0.553. The number of alkyl halides is 3. The van der Waals surface area contributed by atoms with E-state index in [0.29, 0.717) is 36.6 Å². The van der Waals surface area contributed by atoms with Crippen LogP contribution in [0.1, 0.15) is 28.8 Å². The predicted molar refractivity (Wildman–Crippen MR) is 103 cm³/mol. The van der Waals surface area contributed by atoms with E-state index in [1.807, 2.05) is 6.92 Å². The number of nitrogens with zero attached hydrogens (tertiary/aromatic N) is 3. The number of carboxylic acid groups (broad SMARTS) is 1. The SMILES string of the molecule is Cc1nn(-c2ccc(C(F)(F)F)cn2)cc1CCCOc1cccc(CC(=O)O)c1. The predicted octanol–water partition coefficient (Wildman–Crippen LogP) is 4.23. The summed E-state index contributed by atoms with van der Waals surface area (Å²) in [4.78, 5) is 14.6. The van der Waals surface area contributed by atoms with Gasteiger partial charge in [0.2, 0.25) is 0 Å². The van der Waals surface area contributed by atoms with E-state index in [-0.39, 0.29) is 6.42 Å². The molecule has 2 heterocycles. The number of aryl methyl sites for hydroxylation is 2. The summed E-state index contributed by atoms with van der Waals surface area (Å²) in [6.07, 6.45) is -0.592. The smallest absolute Gasteiger partial charge is 0.417 e. The molecule has 30 heavy (non-hydrogen) atoms. The number of aliphatic carboxylic acids is 1. The fourth-order valence-corrected chi connectivity index (χ4v) is 2.92. The summed E-state index contributed by atoms with van der Waals surface area (Å²) in [5.74, 6) is 0.0149. The summed E-state index contributed by atoms with van der Waals surface area (Å²) in [5.41, 5.74) is 1.57. The minimum atomic E-state index is -4.43. The number of ether oxygens (including phenoxy) is 1. The fourth-order valence-electron chi connectivity index (χ4n) is 2.92. The topological polar surface area (TPSA) is 77.2 Å². The van der Waals surface area contributed by atoms with E-state index in [1.54, 1.807) is 30.5 Å². The van der Waals surface area contributed by atoms with Gasteiger partial charge in [-0.25, -0.2) is 9.67 Å². The van der Waals surface area contributed by atoms with Gasteiger partial charge in [-0.2, -0.15) is 18.3 Å². The van der Waals surface area contributed by atoms with Crippen LogP contribution in [-0.4, -0.2) is 32.4 Å². The van der Waals surface area contributed by atoms with Crippen LogP contribution < -0.4 is 4.74 Å². The average Bonchev–Trinajstić information content (AvgIpc) is 3.05. The number of aromatic nitrogens is 3. The molecule has 0 bridgehead atoms. The number of benzene rings is 1. The maximum absolute atomic E-state index is 12.7. The van der Waals surface area contributed by atoms with E-state index in [1.165, 1.54) is 10.7 Å². The lowest BCUT2D eigenvalue weighted by Gasteiger charge is -2.07. The molecular formula is C21H20F3N3O3. The zero-order valence-corrected chi connectivity index (χ0v) is 16.2. The Balaban J connectivity index is 1.56. The maximum atomic E-state index is 12.7. The number of carbonyl (C=O) groups is 1. The zero-order valence-electron chi connectivity index (χ0n) is 16.2. The molecule has 0 spiro atoms. The highest BCUT2D eigenvalue weighted by Crippen LogP contribution is 2.28. The Hall–Kier alpha value is -3.36. The Labute approximate surface area is 170 Å². The van der Waals surface area contributed by atoms with Crippen molar-refractivity contribution < 1.29 is 27.8 Å². The van der Waals surface area contributed by atoms with Crippen molar-refractivity contribution in [3.63, 3.8) is 0 Å². The Kier molecular flexibility index (Phi) is 6.39. The molecule has 0 fully saturated rings. The molecule has 158 valence electrons. The fraction of sp³-hybridized carbons (Fsp3) is 0.286. The highest BCUT2D eigenvalue weighted by molar-refractivity contribution is 5.70. The van der Waals surface area contributed by atoms with Gasteiger partial charge in [-0.05, 0) is 55.2 Å². The van der Waals surface area contributed by atoms with Gasteiger partial charge in [0.15, 0.2) is 5.82 Å². The summed E-state index contributed by atoms with van der Waals surface area (Å²) in [5, 5.41) is 13.2. The van der Waals surface area contributed by atoms with Gasteiger partial charge in [0.1, 0.15) is 5.75 Å². The lowest BCUT2D eigenvalue weighted by atomic mass is 10.1. The lowest BCUT2D eigenvalue weighted by Crippen LogP contribution is -2.07. The molecule has 0 unspecified atom stereocenters. The van der Waals surface area contributed by atoms with Crippen molar-refractivity contribution in [2.24, 2.45) is 0 Å². The van der Waals surface area contributed by atoms with Crippen LogP contribution in [0.15, 0.2) is 48.8 Å². The summed E-state index contributed by atoms with van der Waals surface area (Å²) >= 11 is 0. The van der Waals surface area contributed by atoms with Crippen LogP contribution >= 0.6 is 0 Å². The van der Waals surface area contributed by atoms with E-state index < -0.39 is 17.7 Å². The number of carboxylic acids is 1. The Bertz CT molecular complexity index is 1010. The Morgan fingerprint density at radius 3 is 2.70 bits per heavy atom. The molecular weight excluding hydrogens is 399 g/mol. The monoisotopic (exact) mass is 419 g/mol. The number of hydrogen-bond acceptors (Lipinski definition) is 4. The van der Waals surface area contributed by atoms with Gasteiger partial charge in [0, 0.05) is 12.4 Å². The van der Waals surface area contributed by atoms with Crippen molar-refractivity contribution in [1.29, 1.82) is 0 Å². The molecule has 2 aromatic heterocycles. The van der Waals surface area contributed by atoms with Crippen LogP contribution in [0.25, 0.3) is 5.82 Å². The first-order chi connectivity index (χ1) is 14.2. The van der Waals surface area contributed by atoms with E-state index in [0.717, 1.165) is 23.5 Å². The molecule has 1 aromatic carbocycles. The molecule has 6 nitrogen and oxygen atoms in total. The van der Waals surface area contributed by atoms with Gasteiger partial charge in [-0.1, -0.05) is 12.1 Å². The average molecular weight is 419 g/mol. The summed E-state index contributed by atoms with van der Waals surface area (Å²) in [7, 11) is 0. The van der Waals surface area contributed by atoms with E-state index >= 15 is 0 Å². The van der Waals surface area contributed by atoms with Gasteiger partial charge < -0.3 is 9.84 Å². The lowest BCUT2D eigenvalue weighted by molar-refractivity contribution is -0.138. The highest BCUT2D eigenvalue weighted by Gasteiger charge is 2.30. The summed E-state index contributed by atoms with van der Waals surface area (Å²) < 4.78 is 45.1. The normalized spacial score (nSPS) is 11.5. The maximum Gasteiger partial charge on any atom is 0.417 e. The second kappa shape index (κ2) is 8.98. The molecule has 3 rings (SSSR count). The third kappa shape index (κ3) is 5.59. The van der Waals surface area contributed by atoms with Crippen LogP contribution in [0.2, 0.25) is 0 Å². The van der Waals surface area contributed by atoms with Crippen LogP contribution in [-0.2, 0) is 23.8 Å². The summed E-state index contributed by atoms with van der Waals surface area (Å²) in [6.45, 7) is 2.26. The third-order valence-electron chi connectivity index (χ3n) is 4.42. The molecule has 1 N–H and O–H groups in total. The third-order valence-corrected chi connectivity index (χ3v) is 4.42. The number of pyridine rings is 1. The molecule has 0 amide bonds. The second-order valence-corrected chi connectivity index (χ2v) is 6.76. The van der Waals surface area contributed by atoms with Gasteiger partial charge in [-0.15, -0.1) is 0 Å². The second-order valence-electron chi connectivity index (χ2n) is 6.76. The first-order valence-corrected chi connectivity index (χ1v) is 9.24. The van der Waals surface area contributed by atoms with Gasteiger partial charge in [-0.3, -0.25) is 4.79 Å².